The van der Waals surface area contributed by atoms with E-state index in [9.17, 15) is 4.79 Å². The van der Waals surface area contributed by atoms with Crippen LogP contribution in [-0.4, -0.2) is 34.5 Å². The van der Waals surface area contributed by atoms with Crippen LogP contribution in [-0.2, 0) is 22.6 Å². The molecule has 7 heteroatoms. The van der Waals surface area contributed by atoms with Crippen molar-refractivity contribution in [3.05, 3.63) is 71.2 Å². The van der Waals surface area contributed by atoms with Gasteiger partial charge in [0.05, 0.1) is 7.11 Å². The summed E-state index contributed by atoms with van der Waals surface area (Å²) in [5.41, 5.74) is 4.18. The maximum absolute atomic E-state index is 11.3. The molecule has 0 saturated carbocycles. The van der Waals surface area contributed by atoms with Crippen LogP contribution in [0.4, 0.5) is 0 Å². The highest BCUT2D eigenvalue weighted by Gasteiger charge is 2.10. The molecule has 2 aromatic heterocycles. The van der Waals surface area contributed by atoms with Crippen LogP contribution in [0.2, 0.25) is 0 Å². The standard InChI is InChI=1S/C21H24N4O3/c1-15-10-17(11-16(2)20(15)28-14-19(26)27-3)12-22-13-18-6-4-7-23-21(18)25-9-5-8-24-25/h4-11,22H,12-14H2,1-3H3. The molecule has 0 aliphatic carbocycles. The Balaban J connectivity index is 1.64. The molecule has 0 aliphatic heterocycles. The van der Waals surface area contributed by atoms with E-state index in [1.54, 1.807) is 17.1 Å². The van der Waals surface area contributed by atoms with E-state index >= 15 is 0 Å². The lowest BCUT2D eigenvalue weighted by molar-refractivity contribution is -0.142. The van der Waals surface area contributed by atoms with Crippen molar-refractivity contribution in [3.8, 4) is 11.6 Å². The molecule has 7 nitrogen and oxygen atoms in total. The molecule has 0 radical (unpaired) electrons. The Morgan fingerprint density at radius 2 is 1.93 bits per heavy atom. The number of aromatic nitrogens is 3. The number of nitrogens with one attached hydrogen (secondary N) is 1. The topological polar surface area (TPSA) is 78.3 Å². The van der Waals surface area contributed by atoms with E-state index in [1.807, 2.05) is 38.2 Å². The first-order valence-corrected chi connectivity index (χ1v) is 9.03. The average Bonchev–Trinajstić information content (AvgIpc) is 3.22. The third-order valence-corrected chi connectivity index (χ3v) is 4.32. The van der Waals surface area contributed by atoms with Gasteiger partial charge in [0.2, 0.25) is 0 Å². The average molecular weight is 380 g/mol. The summed E-state index contributed by atoms with van der Waals surface area (Å²) >= 11 is 0. The zero-order valence-electron chi connectivity index (χ0n) is 16.3. The van der Waals surface area contributed by atoms with Gasteiger partial charge in [0.25, 0.3) is 0 Å². The van der Waals surface area contributed by atoms with E-state index in [4.69, 9.17) is 4.74 Å². The number of methoxy groups -OCH3 is 1. The molecule has 0 saturated heterocycles. The molecule has 0 bridgehead atoms. The summed E-state index contributed by atoms with van der Waals surface area (Å²) in [5, 5.41) is 7.72. The van der Waals surface area contributed by atoms with Gasteiger partial charge in [-0.2, -0.15) is 5.10 Å². The Bertz CT molecular complexity index is 916. The number of aryl methyl sites for hydroxylation is 2. The number of carbonyl (C=O) groups excluding carboxylic acids is 1. The third kappa shape index (κ3) is 4.75. The Morgan fingerprint density at radius 1 is 1.14 bits per heavy atom. The Labute approximate surface area is 164 Å². The maximum Gasteiger partial charge on any atom is 0.343 e. The second-order valence-electron chi connectivity index (χ2n) is 6.46. The molecule has 2 heterocycles. The predicted molar refractivity (Wildman–Crippen MR) is 105 cm³/mol. The molecule has 1 N–H and O–H groups in total. The second kappa shape index (κ2) is 9.14. The number of pyridine rings is 1. The lowest BCUT2D eigenvalue weighted by Gasteiger charge is -2.14. The number of benzene rings is 1. The highest BCUT2D eigenvalue weighted by molar-refractivity contribution is 5.71. The molecule has 0 aliphatic rings. The summed E-state index contributed by atoms with van der Waals surface area (Å²) in [6.45, 7) is 5.22. The first kappa shape index (κ1) is 19.6. The highest BCUT2D eigenvalue weighted by atomic mass is 16.6. The number of carbonyl (C=O) groups is 1. The summed E-state index contributed by atoms with van der Waals surface area (Å²) < 4.78 is 12.0. The summed E-state index contributed by atoms with van der Waals surface area (Å²) in [6.07, 6.45) is 5.38. The van der Waals surface area contributed by atoms with E-state index in [0.717, 1.165) is 33.8 Å². The van der Waals surface area contributed by atoms with Gasteiger partial charge >= 0.3 is 5.97 Å². The molecule has 28 heavy (non-hydrogen) atoms. The number of hydrogen-bond donors (Lipinski definition) is 1. The molecular formula is C21H24N4O3. The smallest absolute Gasteiger partial charge is 0.343 e. The minimum Gasteiger partial charge on any atom is -0.481 e. The molecule has 0 fully saturated rings. The number of ether oxygens (including phenoxy) is 2. The van der Waals surface area contributed by atoms with Crippen molar-refractivity contribution < 1.29 is 14.3 Å². The first-order chi connectivity index (χ1) is 13.6. The van der Waals surface area contributed by atoms with Crippen molar-refractivity contribution in [1.29, 1.82) is 0 Å². The molecular weight excluding hydrogens is 356 g/mol. The van der Waals surface area contributed by atoms with E-state index in [-0.39, 0.29) is 6.61 Å². The van der Waals surface area contributed by atoms with Gasteiger partial charge in [-0.05, 0) is 42.7 Å². The van der Waals surface area contributed by atoms with E-state index in [2.05, 4.69) is 32.3 Å². The van der Waals surface area contributed by atoms with Crippen LogP contribution in [0.3, 0.4) is 0 Å². The Morgan fingerprint density at radius 3 is 2.61 bits per heavy atom. The van der Waals surface area contributed by atoms with Crippen molar-refractivity contribution in [3.63, 3.8) is 0 Å². The van der Waals surface area contributed by atoms with Gasteiger partial charge in [-0.25, -0.2) is 14.5 Å². The van der Waals surface area contributed by atoms with Crippen LogP contribution in [0, 0.1) is 13.8 Å². The molecule has 0 atom stereocenters. The van der Waals surface area contributed by atoms with Crippen LogP contribution in [0.1, 0.15) is 22.3 Å². The summed E-state index contributed by atoms with van der Waals surface area (Å²) in [5.74, 6) is 1.15. The molecule has 1 aromatic carbocycles. The first-order valence-electron chi connectivity index (χ1n) is 9.03. The van der Waals surface area contributed by atoms with Crippen molar-refractivity contribution in [2.24, 2.45) is 0 Å². The lowest BCUT2D eigenvalue weighted by Crippen LogP contribution is -2.16. The molecule has 0 spiro atoms. The van der Waals surface area contributed by atoms with Gasteiger partial charge in [0.15, 0.2) is 12.4 Å². The van der Waals surface area contributed by atoms with Crippen molar-refractivity contribution in [1.82, 2.24) is 20.1 Å². The van der Waals surface area contributed by atoms with Gasteiger partial charge < -0.3 is 14.8 Å². The van der Waals surface area contributed by atoms with Gasteiger partial charge in [0.1, 0.15) is 5.75 Å². The normalized spacial score (nSPS) is 10.7. The molecule has 3 aromatic rings. The fourth-order valence-electron chi connectivity index (χ4n) is 3.07. The number of nitrogens with zero attached hydrogens (tertiary/aromatic N) is 3. The van der Waals surface area contributed by atoms with Crippen LogP contribution >= 0.6 is 0 Å². The zero-order chi connectivity index (χ0) is 19.9. The van der Waals surface area contributed by atoms with Crippen LogP contribution in [0.5, 0.6) is 5.75 Å². The molecule has 146 valence electrons. The van der Waals surface area contributed by atoms with Crippen molar-refractivity contribution >= 4 is 5.97 Å². The highest BCUT2D eigenvalue weighted by Crippen LogP contribution is 2.25. The van der Waals surface area contributed by atoms with Gasteiger partial charge in [-0.3, -0.25) is 0 Å². The number of esters is 1. The quantitative estimate of drug-likeness (QED) is 0.606. The van der Waals surface area contributed by atoms with Crippen LogP contribution in [0.15, 0.2) is 48.9 Å². The lowest BCUT2D eigenvalue weighted by atomic mass is 10.1. The maximum atomic E-state index is 11.3. The summed E-state index contributed by atoms with van der Waals surface area (Å²) in [7, 11) is 1.35. The minimum atomic E-state index is -0.394. The van der Waals surface area contributed by atoms with E-state index in [0.29, 0.717) is 13.1 Å². The predicted octanol–water partition coefficient (Wildman–Crippen LogP) is 2.73. The number of rotatable bonds is 8. The SMILES string of the molecule is COC(=O)COc1c(C)cc(CNCc2cccnc2-n2cccn2)cc1C. The molecule has 0 amide bonds. The monoisotopic (exact) mass is 380 g/mol. The molecule has 0 unspecified atom stereocenters. The van der Waals surface area contributed by atoms with Gasteiger partial charge in [-0.1, -0.05) is 18.2 Å². The largest absolute Gasteiger partial charge is 0.481 e. The second-order valence-corrected chi connectivity index (χ2v) is 6.46. The third-order valence-electron chi connectivity index (χ3n) is 4.32. The van der Waals surface area contributed by atoms with Gasteiger partial charge in [-0.15, -0.1) is 0 Å². The fourth-order valence-corrected chi connectivity index (χ4v) is 3.07. The van der Waals surface area contributed by atoms with Crippen LogP contribution in [0.25, 0.3) is 5.82 Å². The Kier molecular flexibility index (Phi) is 6.39. The summed E-state index contributed by atoms with van der Waals surface area (Å²) in [4.78, 5) is 15.7. The van der Waals surface area contributed by atoms with Gasteiger partial charge in [0, 0.05) is 37.2 Å². The van der Waals surface area contributed by atoms with Crippen molar-refractivity contribution in [2.45, 2.75) is 26.9 Å². The zero-order valence-corrected chi connectivity index (χ0v) is 16.3. The Hall–Kier alpha value is -3.19. The fraction of sp³-hybridized carbons (Fsp3) is 0.286. The van der Waals surface area contributed by atoms with E-state index < -0.39 is 5.97 Å². The van der Waals surface area contributed by atoms with Crippen molar-refractivity contribution in [2.75, 3.05) is 13.7 Å². The van der Waals surface area contributed by atoms with Crippen LogP contribution < -0.4 is 10.1 Å². The molecule has 3 rings (SSSR count). The minimum absolute atomic E-state index is 0.0903. The summed E-state index contributed by atoms with van der Waals surface area (Å²) in [6, 6.07) is 9.96. The van der Waals surface area contributed by atoms with E-state index in [1.165, 1.54) is 7.11 Å². The number of hydrogen-bond acceptors (Lipinski definition) is 6.